The fourth-order valence-electron chi connectivity index (χ4n) is 2.30. The number of sulfonamides is 1. The van der Waals surface area contributed by atoms with E-state index in [0.29, 0.717) is 4.31 Å². The van der Waals surface area contributed by atoms with Crippen molar-refractivity contribution in [3.63, 3.8) is 0 Å². The zero-order valence-electron chi connectivity index (χ0n) is 14.6. The topological polar surface area (TPSA) is 145 Å². The molecule has 0 unspecified atom stereocenters. The molecule has 0 heterocycles. The van der Waals surface area contributed by atoms with Crippen LogP contribution in [0.5, 0.6) is 5.75 Å². The number of carbonyl (C=O) groups is 1. The lowest BCUT2D eigenvalue weighted by Crippen LogP contribution is -2.43. The lowest BCUT2D eigenvalue weighted by atomic mass is 10.2. The molecule has 10 nitrogen and oxygen atoms in total. The van der Waals surface area contributed by atoms with E-state index in [1.807, 2.05) is 5.43 Å². The molecule has 27 heavy (non-hydrogen) atoms. The predicted octanol–water partition coefficient (Wildman–Crippen LogP) is 1.10. The number of rotatable bonds is 7. The van der Waals surface area contributed by atoms with Gasteiger partial charge >= 0.3 is 0 Å². The minimum atomic E-state index is -4.24. The zero-order valence-corrected chi connectivity index (χ0v) is 15.4. The average Bonchev–Trinajstić information content (AvgIpc) is 2.65. The molecule has 0 aliphatic carbocycles. The molecule has 0 atom stereocenters. The largest absolute Gasteiger partial charge is 0.495 e. The number of amides is 1. The van der Waals surface area contributed by atoms with E-state index in [4.69, 9.17) is 10.6 Å². The third-order valence-electron chi connectivity index (χ3n) is 3.70. The molecule has 0 spiro atoms. The van der Waals surface area contributed by atoms with Crippen LogP contribution in [-0.2, 0) is 14.8 Å². The molecule has 3 N–H and O–H groups in total. The number of anilines is 1. The maximum absolute atomic E-state index is 13.1. The SMILES string of the molecule is COc1ccc([N+](=O)[O-])cc1N(CC(=O)NN)S(=O)(=O)c1ccc(C)cc1. The van der Waals surface area contributed by atoms with E-state index >= 15 is 0 Å². The Morgan fingerprint density at radius 2 is 1.89 bits per heavy atom. The lowest BCUT2D eigenvalue weighted by Gasteiger charge is -2.25. The van der Waals surface area contributed by atoms with Crippen LogP contribution in [0.2, 0.25) is 0 Å². The Morgan fingerprint density at radius 3 is 2.41 bits per heavy atom. The van der Waals surface area contributed by atoms with Crippen molar-refractivity contribution in [3.05, 3.63) is 58.1 Å². The molecule has 2 aromatic carbocycles. The fourth-order valence-corrected chi connectivity index (χ4v) is 3.72. The summed E-state index contributed by atoms with van der Waals surface area (Å²) >= 11 is 0. The first-order chi connectivity index (χ1) is 12.7. The third-order valence-corrected chi connectivity index (χ3v) is 5.47. The summed E-state index contributed by atoms with van der Waals surface area (Å²) in [6.45, 7) is 1.10. The number of hydrogen-bond donors (Lipinski definition) is 2. The summed E-state index contributed by atoms with van der Waals surface area (Å²) in [5.41, 5.74) is 2.18. The summed E-state index contributed by atoms with van der Waals surface area (Å²) in [6.07, 6.45) is 0. The second-order valence-corrected chi connectivity index (χ2v) is 7.37. The number of hydrogen-bond acceptors (Lipinski definition) is 7. The molecular formula is C16H18N4O6S. The minimum Gasteiger partial charge on any atom is -0.495 e. The van der Waals surface area contributed by atoms with Gasteiger partial charge in [0, 0.05) is 12.1 Å². The van der Waals surface area contributed by atoms with Crippen molar-refractivity contribution in [2.45, 2.75) is 11.8 Å². The summed E-state index contributed by atoms with van der Waals surface area (Å²) in [7, 11) is -2.95. The molecule has 2 aromatic rings. The minimum absolute atomic E-state index is 0.0427. The molecule has 2 rings (SSSR count). The van der Waals surface area contributed by atoms with Crippen LogP contribution in [0.3, 0.4) is 0 Å². The number of ether oxygens (including phenoxy) is 1. The van der Waals surface area contributed by atoms with Crippen molar-refractivity contribution in [1.29, 1.82) is 0 Å². The fraction of sp³-hybridized carbons (Fsp3) is 0.188. The van der Waals surface area contributed by atoms with Crippen molar-refractivity contribution in [2.24, 2.45) is 5.84 Å². The van der Waals surface area contributed by atoms with Crippen LogP contribution in [0.4, 0.5) is 11.4 Å². The third kappa shape index (κ3) is 4.33. The molecule has 0 aromatic heterocycles. The Morgan fingerprint density at radius 1 is 1.26 bits per heavy atom. The van der Waals surface area contributed by atoms with Crippen LogP contribution >= 0.6 is 0 Å². The Bertz CT molecular complexity index is 959. The second-order valence-electron chi connectivity index (χ2n) is 5.51. The van der Waals surface area contributed by atoms with Crippen LogP contribution in [0.1, 0.15) is 5.56 Å². The van der Waals surface area contributed by atoms with Crippen LogP contribution in [0.25, 0.3) is 0 Å². The Labute approximate surface area is 155 Å². The summed E-state index contributed by atoms with van der Waals surface area (Å²) in [4.78, 5) is 22.2. The van der Waals surface area contributed by atoms with Gasteiger partial charge in [0.1, 0.15) is 18.0 Å². The van der Waals surface area contributed by atoms with Crippen molar-refractivity contribution in [2.75, 3.05) is 18.0 Å². The van der Waals surface area contributed by atoms with Gasteiger partial charge in [-0.2, -0.15) is 0 Å². The molecule has 1 amide bonds. The smallest absolute Gasteiger partial charge is 0.271 e. The highest BCUT2D eigenvalue weighted by atomic mass is 32.2. The van der Waals surface area contributed by atoms with E-state index in [-0.39, 0.29) is 22.0 Å². The highest BCUT2D eigenvalue weighted by molar-refractivity contribution is 7.92. The summed E-state index contributed by atoms with van der Waals surface area (Å²) in [6, 6.07) is 9.39. The van der Waals surface area contributed by atoms with Gasteiger partial charge in [0.05, 0.1) is 16.9 Å². The van der Waals surface area contributed by atoms with Crippen LogP contribution in [-0.4, -0.2) is 32.9 Å². The van der Waals surface area contributed by atoms with E-state index in [2.05, 4.69) is 0 Å². The van der Waals surface area contributed by atoms with E-state index in [1.54, 1.807) is 19.1 Å². The molecule has 0 bridgehead atoms. The Balaban J connectivity index is 2.68. The summed E-state index contributed by atoms with van der Waals surface area (Å²) in [5, 5.41) is 11.1. The first kappa shape index (κ1) is 20.1. The van der Waals surface area contributed by atoms with Crippen molar-refractivity contribution in [1.82, 2.24) is 5.43 Å². The van der Waals surface area contributed by atoms with Gasteiger partial charge in [-0.15, -0.1) is 0 Å². The number of hydrazine groups is 1. The summed E-state index contributed by atoms with van der Waals surface area (Å²) < 4.78 is 32.1. The molecule has 0 aliphatic rings. The molecular weight excluding hydrogens is 376 g/mol. The first-order valence-corrected chi connectivity index (χ1v) is 9.06. The number of nitrogens with two attached hydrogens (primary N) is 1. The highest BCUT2D eigenvalue weighted by Crippen LogP contribution is 2.35. The number of nitro benzene ring substituents is 1. The van der Waals surface area contributed by atoms with Gasteiger partial charge in [0.2, 0.25) is 0 Å². The Hall–Kier alpha value is -3.18. The number of aryl methyl sites for hydroxylation is 1. The van der Waals surface area contributed by atoms with Crippen LogP contribution < -0.4 is 20.3 Å². The Kier molecular flexibility index (Phi) is 5.98. The first-order valence-electron chi connectivity index (χ1n) is 7.62. The molecule has 11 heteroatoms. The number of benzene rings is 2. The maximum atomic E-state index is 13.1. The van der Waals surface area contributed by atoms with Gasteiger partial charge in [-0.05, 0) is 25.1 Å². The van der Waals surface area contributed by atoms with Crippen molar-refractivity contribution < 1.29 is 22.9 Å². The van der Waals surface area contributed by atoms with E-state index in [1.165, 1.54) is 31.4 Å². The van der Waals surface area contributed by atoms with E-state index in [9.17, 15) is 23.3 Å². The number of nitrogens with one attached hydrogen (secondary N) is 1. The van der Waals surface area contributed by atoms with Crippen LogP contribution in [0.15, 0.2) is 47.4 Å². The van der Waals surface area contributed by atoms with Gasteiger partial charge in [-0.1, -0.05) is 17.7 Å². The standard InChI is InChI=1S/C16H18N4O6S/c1-11-3-6-13(7-4-11)27(24,25)19(10-16(21)18-17)14-9-12(20(22)23)5-8-15(14)26-2/h3-9H,10,17H2,1-2H3,(H,18,21). The average molecular weight is 394 g/mol. The number of nitrogens with zero attached hydrogens (tertiary/aromatic N) is 2. The van der Waals surface area contributed by atoms with E-state index in [0.717, 1.165) is 11.6 Å². The normalized spacial score (nSPS) is 10.9. The monoisotopic (exact) mass is 394 g/mol. The quantitative estimate of drug-likeness (QED) is 0.309. The lowest BCUT2D eigenvalue weighted by molar-refractivity contribution is -0.384. The molecule has 0 saturated carbocycles. The van der Waals surface area contributed by atoms with Crippen molar-refractivity contribution in [3.8, 4) is 5.75 Å². The maximum Gasteiger partial charge on any atom is 0.271 e. The van der Waals surface area contributed by atoms with Gasteiger partial charge in [-0.3, -0.25) is 24.6 Å². The van der Waals surface area contributed by atoms with E-state index < -0.39 is 27.4 Å². The number of methoxy groups -OCH3 is 1. The highest BCUT2D eigenvalue weighted by Gasteiger charge is 2.30. The predicted molar refractivity (Wildman–Crippen MR) is 97.7 cm³/mol. The van der Waals surface area contributed by atoms with Gasteiger partial charge in [0.25, 0.3) is 21.6 Å². The van der Waals surface area contributed by atoms with Gasteiger partial charge in [-0.25, -0.2) is 14.3 Å². The molecule has 0 fully saturated rings. The molecule has 144 valence electrons. The molecule has 0 aliphatic heterocycles. The number of non-ortho nitro benzene ring substituents is 1. The second kappa shape index (κ2) is 8.01. The van der Waals surface area contributed by atoms with Crippen LogP contribution in [0, 0.1) is 17.0 Å². The van der Waals surface area contributed by atoms with Gasteiger partial charge < -0.3 is 4.74 Å². The number of nitro groups is 1. The zero-order chi connectivity index (χ0) is 20.2. The van der Waals surface area contributed by atoms with Gasteiger partial charge in [0.15, 0.2) is 0 Å². The molecule has 0 saturated heterocycles. The van der Waals surface area contributed by atoms with Crippen molar-refractivity contribution >= 4 is 27.3 Å². The number of carbonyl (C=O) groups excluding carboxylic acids is 1. The summed E-state index contributed by atoms with van der Waals surface area (Å²) in [5.74, 6) is 4.32. The molecule has 0 radical (unpaired) electrons.